The lowest BCUT2D eigenvalue weighted by Gasteiger charge is -2.33. The SMILES string of the molecule is CC(C)CCNC(=O)[C@H](C)C1CCN(S(=O)(=O)c2ccc(Br)s2)CC1. The molecule has 1 amide bonds. The van der Waals surface area contributed by atoms with Crippen molar-refractivity contribution in [1.29, 1.82) is 0 Å². The summed E-state index contributed by atoms with van der Waals surface area (Å²) in [7, 11) is -3.41. The number of carbonyl (C=O) groups is 1. The van der Waals surface area contributed by atoms with Crippen molar-refractivity contribution in [3.63, 3.8) is 0 Å². The van der Waals surface area contributed by atoms with E-state index in [2.05, 4.69) is 35.1 Å². The van der Waals surface area contributed by atoms with Crippen LogP contribution in [0.3, 0.4) is 0 Å². The van der Waals surface area contributed by atoms with E-state index in [4.69, 9.17) is 0 Å². The van der Waals surface area contributed by atoms with Crippen molar-refractivity contribution in [3.8, 4) is 0 Å². The van der Waals surface area contributed by atoms with Crippen molar-refractivity contribution < 1.29 is 13.2 Å². The number of amides is 1. The van der Waals surface area contributed by atoms with Crippen LogP contribution in [0.5, 0.6) is 0 Å². The largest absolute Gasteiger partial charge is 0.356 e. The highest BCUT2D eigenvalue weighted by Crippen LogP contribution is 2.32. The van der Waals surface area contributed by atoms with Crippen LogP contribution in [0.25, 0.3) is 0 Å². The summed E-state index contributed by atoms with van der Waals surface area (Å²) >= 11 is 4.55. The van der Waals surface area contributed by atoms with Gasteiger partial charge in [0.1, 0.15) is 4.21 Å². The average molecular weight is 451 g/mol. The van der Waals surface area contributed by atoms with Crippen molar-refractivity contribution in [2.24, 2.45) is 17.8 Å². The van der Waals surface area contributed by atoms with Gasteiger partial charge in [0.15, 0.2) is 0 Å². The number of nitrogens with zero attached hydrogens (tertiary/aromatic N) is 1. The third-order valence-corrected chi connectivity index (χ3v) is 8.77. The van der Waals surface area contributed by atoms with Gasteiger partial charge in [-0.05, 0) is 59.2 Å². The fraction of sp³-hybridized carbons (Fsp3) is 0.706. The minimum absolute atomic E-state index is 0.0760. The Morgan fingerprint density at radius 3 is 2.48 bits per heavy atom. The molecule has 142 valence electrons. The van der Waals surface area contributed by atoms with Crippen LogP contribution in [0.4, 0.5) is 0 Å². The molecular weight excluding hydrogens is 424 g/mol. The van der Waals surface area contributed by atoms with Crippen LogP contribution in [-0.4, -0.2) is 38.3 Å². The highest BCUT2D eigenvalue weighted by atomic mass is 79.9. The van der Waals surface area contributed by atoms with Gasteiger partial charge in [-0.2, -0.15) is 4.31 Å². The Kier molecular flexibility index (Phi) is 7.49. The zero-order valence-corrected chi connectivity index (χ0v) is 18.2. The summed E-state index contributed by atoms with van der Waals surface area (Å²) in [5, 5.41) is 3.01. The number of thiophene rings is 1. The standard InChI is InChI=1S/C17H27BrN2O3S2/c1-12(2)6-9-19-17(21)13(3)14-7-10-20(11-8-14)25(22,23)16-5-4-15(18)24-16/h4-5,12-14H,6-11H2,1-3H3,(H,19,21)/t13-/m1/s1. The Hall–Kier alpha value is -0.440. The summed E-state index contributed by atoms with van der Waals surface area (Å²) < 4.78 is 28.0. The molecular formula is C17H27BrN2O3S2. The van der Waals surface area contributed by atoms with E-state index in [9.17, 15) is 13.2 Å². The Labute approximate surface area is 163 Å². The minimum Gasteiger partial charge on any atom is -0.356 e. The van der Waals surface area contributed by atoms with Crippen LogP contribution in [0.1, 0.15) is 40.0 Å². The molecule has 0 aliphatic carbocycles. The van der Waals surface area contributed by atoms with Crippen LogP contribution in [0, 0.1) is 17.8 Å². The predicted molar refractivity (Wildman–Crippen MR) is 105 cm³/mol. The van der Waals surface area contributed by atoms with E-state index >= 15 is 0 Å². The second-order valence-corrected chi connectivity index (χ2v) is 11.7. The first-order chi connectivity index (χ1) is 11.7. The maximum absolute atomic E-state index is 12.7. The number of sulfonamides is 1. The molecule has 1 aromatic heterocycles. The molecule has 0 bridgehead atoms. The normalized spacial score (nSPS) is 18.4. The van der Waals surface area contributed by atoms with Crippen molar-refractivity contribution in [3.05, 3.63) is 15.9 Å². The van der Waals surface area contributed by atoms with E-state index in [0.717, 1.165) is 23.0 Å². The topological polar surface area (TPSA) is 66.5 Å². The molecule has 1 aromatic rings. The molecule has 0 saturated carbocycles. The smallest absolute Gasteiger partial charge is 0.252 e. The maximum atomic E-state index is 12.7. The minimum atomic E-state index is -3.41. The molecule has 1 saturated heterocycles. The van der Waals surface area contributed by atoms with E-state index in [0.29, 0.717) is 29.8 Å². The van der Waals surface area contributed by atoms with Crippen LogP contribution in [0.2, 0.25) is 0 Å². The highest BCUT2D eigenvalue weighted by Gasteiger charge is 2.33. The first-order valence-electron chi connectivity index (χ1n) is 8.75. The first kappa shape index (κ1) is 20.9. The zero-order valence-electron chi connectivity index (χ0n) is 15.0. The summed E-state index contributed by atoms with van der Waals surface area (Å²) in [6.07, 6.45) is 2.43. The number of piperidine rings is 1. The van der Waals surface area contributed by atoms with E-state index in [1.165, 1.54) is 11.3 Å². The van der Waals surface area contributed by atoms with Crippen molar-refractivity contribution in [1.82, 2.24) is 9.62 Å². The predicted octanol–water partition coefficient (Wildman–Crippen LogP) is 3.71. The quantitative estimate of drug-likeness (QED) is 0.688. The van der Waals surface area contributed by atoms with Crippen LogP contribution < -0.4 is 5.32 Å². The summed E-state index contributed by atoms with van der Waals surface area (Å²) in [6, 6.07) is 3.40. The van der Waals surface area contributed by atoms with Gasteiger partial charge in [-0.1, -0.05) is 20.8 Å². The van der Waals surface area contributed by atoms with Gasteiger partial charge in [-0.25, -0.2) is 8.42 Å². The monoisotopic (exact) mass is 450 g/mol. The average Bonchev–Trinajstić information content (AvgIpc) is 3.01. The molecule has 1 aliphatic rings. The van der Waals surface area contributed by atoms with Crippen molar-refractivity contribution >= 4 is 43.2 Å². The highest BCUT2D eigenvalue weighted by molar-refractivity contribution is 9.11. The number of hydrogen-bond acceptors (Lipinski definition) is 4. The number of hydrogen-bond donors (Lipinski definition) is 1. The molecule has 1 N–H and O–H groups in total. The van der Waals surface area contributed by atoms with Gasteiger partial charge in [-0.3, -0.25) is 4.79 Å². The van der Waals surface area contributed by atoms with Gasteiger partial charge < -0.3 is 5.32 Å². The molecule has 5 nitrogen and oxygen atoms in total. The van der Waals surface area contributed by atoms with Gasteiger partial charge in [-0.15, -0.1) is 11.3 Å². The Bertz CT molecular complexity index is 680. The third kappa shape index (κ3) is 5.52. The second-order valence-electron chi connectivity index (χ2n) is 7.06. The lowest BCUT2D eigenvalue weighted by atomic mass is 9.85. The number of carbonyl (C=O) groups excluding carboxylic acids is 1. The van der Waals surface area contributed by atoms with E-state index in [-0.39, 0.29) is 17.7 Å². The summed E-state index contributed by atoms with van der Waals surface area (Å²) in [5.74, 6) is 0.818. The van der Waals surface area contributed by atoms with Gasteiger partial charge in [0, 0.05) is 25.6 Å². The zero-order chi connectivity index (χ0) is 18.6. The van der Waals surface area contributed by atoms with Gasteiger partial charge in [0.25, 0.3) is 10.0 Å². The van der Waals surface area contributed by atoms with Crippen LogP contribution in [0.15, 0.2) is 20.1 Å². The number of rotatable bonds is 7. The Morgan fingerprint density at radius 1 is 1.32 bits per heavy atom. The molecule has 0 radical (unpaired) electrons. The van der Waals surface area contributed by atoms with Gasteiger partial charge >= 0.3 is 0 Å². The fourth-order valence-electron chi connectivity index (χ4n) is 3.04. The third-order valence-electron chi connectivity index (χ3n) is 4.78. The number of nitrogens with one attached hydrogen (secondary N) is 1. The van der Waals surface area contributed by atoms with Gasteiger partial charge in [0.05, 0.1) is 3.79 Å². The lowest BCUT2D eigenvalue weighted by Crippen LogP contribution is -2.42. The molecule has 1 fully saturated rings. The van der Waals surface area contributed by atoms with Crippen molar-refractivity contribution in [2.45, 2.75) is 44.2 Å². The molecule has 8 heteroatoms. The Morgan fingerprint density at radius 2 is 1.96 bits per heavy atom. The van der Waals surface area contributed by atoms with Crippen LogP contribution >= 0.6 is 27.3 Å². The van der Waals surface area contributed by atoms with E-state index in [1.807, 2.05) is 6.92 Å². The molecule has 0 aromatic carbocycles. The molecule has 2 heterocycles. The van der Waals surface area contributed by atoms with Crippen molar-refractivity contribution in [2.75, 3.05) is 19.6 Å². The first-order valence-corrected chi connectivity index (χ1v) is 11.8. The molecule has 1 aliphatic heterocycles. The molecule has 25 heavy (non-hydrogen) atoms. The summed E-state index contributed by atoms with van der Waals surface area (Å²) in [5.41, 5.74) is 0. The van der Waals surface area contributed by atoms with E-state index in [1.54, 1.807) is 16.4 Å². The van der Waals surface area contributed by atoms with E-state index < -0.39 is 10.0 Å². The second kappa shape index (κ2) is 8.97. The molecule has 0 spiro atoms. The lowest BCUT2D eigenvalue weighted by molar-refractivity contribution is -0.126. The molecule has 2 rings (SSSR count). The summed E-state index contributed by atoms with van der Waals surface area (Å²) in [4.78, 5) is 12.3. The fourth-order valence-corrected chi connectivity index (χ4v) is 6.67. The Balaban J connectivity index is 1.87. The van der Waals surface area contributed by atoms with Crippen LogP contribution in [-0.2, 0) is 14.8 Å². The molecule has 0 unspecified atom stereocenters. The number of halogens is 1. The summed E-state index contributed by atoms with van der Waals surface area (Å²) in [6.45, 7) is 7.89. The van der Waals surface area contributed by atoms with Gasteiger partial charge in [0.2, 0.25) is 5.91 Å². The maximum Gasteiger partial charge on any atom is 0.252 e. The molecule has 1 atom stereocenters.